The van der Waals surface area contributed by atoms with Crippen LogP contribution in [0.3, 0.4) is 0 Å². The zero-order chi connectivity index (χ0) is 11.8. The van der Waals surface area contributed by atoms with E-state index in [9.17, 15) is 9.59 Å². The molecule has 0 fully saturated rings. The number of aliphatic hydroxyl groups excluding tert-OH is 1. The maximum atomic E-state index is 11.3. The van der Waals surface area contributed by atoms with E-state index in [1.807, 2.05) is 13.8 Å². The van der Waals surface area contributed by atoms with Crippen molar-refractivity contribution in [2.45, 2.75) is 32.4 Å². The minimum absolute atomic E-state index is 0.0110. The molecule has 0 aromatic rings. The summed E-state index contributed by atoms with van der Waals surface area (Å²) in [4.78, 5) is 21.8. The van der Waals surface area contributed by atoms with E-state index in [1.54, 1.807) is 0 Å². The van der Waals surface area contributed by atoms with Crippen molar-refractivity contribution in [3.8, 4) is 0 Å². The lowest BCUT2D eigenvalue weighted by molar-refractivity contribution is -0.143. The van der Waals surface area contributed by atoms with Gasteiger partial charge in [0.2, 0.25) is 5.91 Å². The third kappa shape index (κ3) is 6.03. The van der Waals surface area contributed by atoms with Crippen molar-refractivity contribution >= 4 is 11.9 Å². The van der Waals surface area contributed by atoms with Crippen LogP contribution in [-0.4, -0.2) is 47.3 Å². The molecule has 0 saturated carbocycles. The molecule has 2 atom stereocenters. The smallest absolute Gasteiger partial charge is 0.328 e. The van der Waals surface area contributed by atoms with E-state index in [0.717, 1.165) is 6.54 Å². The maximum absolute atomic E-state index is 11.3. The first-order valence-electron chi connectivity index (χ1n) is 4.87. The van der Waals surface area contributed by atoms with Gasteiger partial charge in [-0.3, -0.25) is 4.79 Å². The van der Waals surface area contributed by atoms with Gasteiger partial charge in [0, 0.05) is 12.5 Å². The number of hydrogen-bond acceptors (Lipinski definition) is 4. The van der Waals surface area contributed by atoms with E-state index < -0.39 is 18.6 Å². The Bertz CT molecular complexity index is 220. The number of amides is 1. The molecule has 6 heteroatoms. The van der Waals surface area contributed by atoms with Crippen LogP contribution in [0.2, 0.25) is 0 Å². The number of carbonyl (C=O) groups excluding carboxylic acids is 1. The normalized spacial score (nSPS) is 14.3. The number of aliphatic hydroxyl groups is 1. The van der Waals surface area contributed by atoms with Crippen LogP contribution >= 0.6 is 0 Å². The zero-order valence-corrected chi connectivity index (χ0v) is 8.99. The summed E-state index contributed by atoms with van der Waals surface area (Å²) in [6, 6.07) is -1.23. The van der Waals surface area contributed by atoms with E-state index in [2.05, 4.69) is 10.6 Å². The fraction of sp³-hybridized carbons (Fsp3) is 0.778. The number of carbonyl (C=O) groups is 2. The van der Waals surface area contributed by atoms with Crippen LogP contribution in [0.4, 0.5) is 0 Å². The summed E-state index contributed by atoms with van der Waals surface area (Å²) >= 11 is 0. The SMILES string of the molecule is CCNC(C)CC(=O)N[C@@H](CO)C(=O)O. The Morgan fingerprint density at radius 1 is 1.40 bits per heavy atom. The van der Waals surface area contributed by atoms with E-state index in [-0.39, 0.29) is 18.4 Å². The van der Waals surface area contributed by atoms with Crippen molar-refractivity contribution in [2.24, 2.45) is 0 Å². The second-order valence-corrected chi connectivity index (χ2v) is 3.30. The van der Waals surface area contributed by atoms with Crippen molar-refractivity contribution in [3.63, 3.8) is 0 Å². The Morgan fingerprint density at radius 3 is 2.40 bits per heavy atom. The maximum Gasteiger partial charge on any atom is 0.328 e. The Hall–Kier alpha value is -1.14. The predicted molar refractivity (Wildman–Crippen MR) is 54.4 cm³/mol. The number of carboxylic acid groups (broad SMARTS) is 1. The molecule has 0 spiro atoms. The van der Waals surface area contributed by atoms with Gasteiger partial charge in [0.1, 0.15) is 6.04 Å². The summed E-state index contributed by atoms with van der Waals surface area (Å²) in [5.41, 5.74) is 0. The molecule has 0 aromatic carbocycles. The van der Waals surface area contributed by atoms with Gasteiger partial charge in [0.25, 0.3) is 0 Å². The van der Waals surface area contributed by atoms with E-state index in [4.69, 9.17) is 10.2 Å². The summed E-state index contributed by atoms with van der Waals surface area (Å²) in [7, 11) is 0. The molecule has 4 N–H and O–H groups in total. The molecule has 0 saturated heterocycles. The summed E-state index contributed by atoms with van der Waals surface area (Å²) in [5.74, 6) is -1.62. The van der Waals surface area contributed by atoms with Crippen LogP contribution in [0, 0.1) is 0 Å². The quantitative estimate of drug-likeness (QED) is 0.436. The van der Waals surface area contributed by atoms with Gasteiger partial charge >= 0.3 is 5.97 Å². The van der Waals surface area contributed by atoms with Gasteiger partial charge in [-0.15, -0.1) is 0 Å². The minimum atomic E-state index is -1.23. The molecule has 88 valence electrons. The molecule has 0 aliphatic carbocycles. The third-order valence-corrected chi connectivity index (χ3v) is 1.86. The summed E-state index contributed by atoms with van der Waals surface area (Å²) < 4.78 is 0. The number of nitrogens with one attached hydrogen (secondary N) is 2. The molecule has 0 heterocycles. The Balaban J connectivity index is 3.96. The highest BCUT2D eigenvalue weighted by molar-refractivity contribution is 5.83. The van der Waals surface area contributed by atoms with Gasteiger partial charge in [-0.25, -0.2) is 4.79 Å². The fourth-order valence-corrected chi connectivity index (χ4v) is 1.14. The predicted octanol–water partition coefficient (Wildman–Crippen LogP) is -1.06. The Labute approximate surface area is 88.7 Å². The minimum Gasteiger partial charge on any atom is -0.480 e. The van der Waals surface area contributed by atoms with Gasteiger partial charge in [-0.1, -0.05) is 6.92 Å². The second kappa shape index (κ2) is 7.19. The van der Waals surface area contributed by atoms with Crippen LogP contribution in [0.15, 0.2) is 0 Å². The van der Waals surface area contributed by atoms with Crippen LogP contribution in [-0.2, 0) is 9.59 Å². The summed E-state index contributed by atoms with van der Waals surface area (Å²) in [6.45, 7) is 3.90. The summed E-state index contributed by atoms with van der Waals surface area (Å²) in [6.07, 6.45) is 0.192. The molecule has 15 heavy (non-hydrogen) atoms. The topological polar surface area (TPSA) is 98.7 Å². The van der Waals surface area contributed by atoms with Gasteiger partial charge in [0.05, 0.1) is 6.61 Å². The molecule has 0 bridgehead atoms. The standard InChI is InChI=1S/C9H18N2O4/c1-3-10-6(2)4-8(13)11-7(5-12)9(14)15/h6-7,10,12H,3-5H2,1-2H3,(H,11,13)(H,14,15)/t6?,7-/m0/s1. The zero-order valence-electron chi connectivity index (χ0n) is 8.99. The molecule has 6 nitrogen and oxygen atoms in total. The van der Waals surface area contributed by atoms with Gasteiger partial charge < -0.3 is 20.8 Å². The van der Waals surface area contributed by atoms with Crippen LogP contribution < -0.4 is 10.6 Å². The molecule has 1 unspecified atom stereocenters. The van der Waals surface area contributed by atoms with E-state index in [1.165, 1.54) is 0 Å². The molecule has 0 radical (unpaired) electrons. The first kappa shape index (κ1) is 13.9. The summed E-state index contributed by atoms with van der Waals surface area (Å²) in [5, 5.41) is 22.5. The average molecular weight is 218 g/mol. The average Bonchev–Trinajstić information content (AvgIpc) is 2.13. The largest absolute Gasteiger partial charge is 0.480 e. The number of aliphatic carboxylic acids is 1. The highest BCUT2D eigenvalue weighted by Crippen LogP contribution is 1.92. The second-order valence-electron chi connectivity index (χ2n) is 3.30. The van der Waals surface area contributed by atoms with Crippen LogP contribution in [0.5, 0.6) is 0 Å². The highest BCUT2D eigenvalue weighted by Gasteiger charge is 2.19. The molecular weight excluding hydrogens is 200 g/mol. The third-order valence-electron chi connectivity index (χ3n) is 1.86. The Morgan fingerprint density at radius 2 is 2.00 bits per heavy atom. The fourth-order valence-electron chi connectivity index (χ4n) is 1.14. The lowest BCUT2D eigenvalue weighted by atomic mass is 10.2. The van der Waals surface area contributed by atoms with E-state index in [0.29, 0.717) is 0 Å². The molecule has 1 amide bonds. The number of carboxylic acids is 1. The van der Waals surface area contributed by atoms with Crippen molar-refractivity contribution in [1.82, 2.24) is 10.6 Å². The Kier molecular flexibility index (Phi) is 6.64. The molecule has 0 aromatic heterocycles. The van der Waals surface area contributed by atoms with Gasteiger partial charge in [-0.05, 0) is 13.5 Å². The van der Waals surface area contributed by atoms with Gasteiger partial charge in [0.15, 0.2) is 0 Å². The number of hydrogen-bond donors (Lipinski definition) is 4. The first-order valence-corrected chi connectivity index (χ1v) is 4.87. The lowest BCUT2D eigenvalue weighted by Crippen LogP contribution is -2.45. The molecule has 0 aliphatic heterocycles. The van der Waals surface area contributed by atoms with Crippen molar-refractivity contribution < 1.29 is 19.8 Å². The van der Waals surface area contributed by atoms with E-state index >= 15 is 0 Å². The van der Waals surface area contributed by atoms with Gasteiger partial charge in [-0.2, -0.15) is 0 Å². The van der Waals surface area contributed by atoms with Crippen LogP contribution in [0.1, 0.15) is 20.3 Å². The highest BCUT2D eigenvalue weighted by atomic mass is 16.4. The van der Waals surface area contributed by atoms with Crippen molar-refractivity contribution in [3.05, 3.63) is 0 Å². The number of rotatable bonds is 7. The van der Waals surface area contributed by atoms with Crippen molar-refractivity contribution in [2.75, 3.05) is 13.2 Å². The molecule has 0 aliphatic rings. The van der Waals surface area contributed by atoms with Crippen molar-refractivity contribution in [1.29, 1.82) is 0 Å². The monoisotopic (exact) mass is 218 g/mol. The molecule has 0 rings (SSSR count). The lowest BCUT2D eigenvalue weighted by Gasteiger charge is -2.15. The molecular formula is C9H18N2O4. The first-order chi connectivity index (χ1) is 7.01. The van der Waals surface area contributed by atoms with Crippen LogP contribution in [0.25, 0.3) is 0 Å².